The van der Waals surface area contributed by atoms with Crippen LogP contribution in [-0.4, -0.2) is 19.2 Å². The molecule has 2 nitrogen and oxygen atoms in total. The van der Waals surface area contributed by atoms with Crippen molar-refractivity contribution in [1.29, 1.82) is 0 Å². The first-order chi connectivity index (χ1) is 8.54. The molecule has 100 valence electrons. The molecule has 1 aromatic carbocycles. The zero-order chi connectivity index (χ0) is 13.5. The van der Waals surface area contributed by atoms with Gasteiger partial charge in [0, 0.05) is 17.6 Å². The van der Waals surface area contributed by atoms with Crippen molar-refractivity contribution in [3.8, 4) is 5.75 Å². The van der Waals surface area contributed by atoms with Crippen LogP contribution in [0.25, 0.3) is 0 Å². The summed E-state index contributed by atoms with van der Waals surface area (Å²) >= 11 is 3.50. The molecule has 1 atom stereocenters. The van der Waals surface area contributed by atoms with Crippen LogP contribution in [0, 0.1) is 0 Å². The number of hydrogen-bond acceptors (Lipinski definition) is 2. The number of halogens is 1. The number of benzene rings is 1. The molecule has 0 spiro atoms. The zero-order valence-electron chi connectivity index (χ0n) is 11.4. The van der Waals surface area contributed by atoms with Crippen molar-refractivity contribution < 1.29 is 4.74 Å². The topological polar surface area (TPSA) is 21.3 Å². The Balaban J connectivity index is 2.68. The van der Waals surface area contributed by atoms with E-state index in [-0.39, 0.29) is 6.10 Å². The summed E-state index contributed by atoms with van der Waals surface area (Å²) in [5, 5.41) is 3.26. The van der Waals surface area contributed by atoms with E-state index in [0.29, 0.717) is 5.92 Å². The van der Waals surface area contributed by atoms with Gasteiger partial charge in [-0.2, -0.15) is 0 Å². The second-order valence-corrected chi connectivity index (χ2v) is 5.63. The number of hydrogen-bond donors (Lipinski definition) is 1. The van der Waals surface area contributed by atoms with Crippen LogP contribution in [0.4, 0.5) is 0 Å². The highest BCUT2D eigenvalue weighted by Crippen LogP contribution is 2.30. The van der Waals surface area contributed by atoms with Gasteiger partial charge in [0.25, 0.3) is 0 Å². The summed E-state index contributed by atoms with van der Waals surface area (Å²) in [5.41, 5.74) is 1.24. The predicted molar refractivity (Wildman–Crippen MR) is 81.4 cm³/mol. The molecule has 0 aliphatic carbocycles. The Bertz CT molecular complexity index is 390. The van der Waals surface area contributed by atoms with Crippen molar-refractivity contribution in [1.82, 2.24) is 5.32 Å². The van der Waals surface area contributed by atoms with Gasteiger partial charge in [-0.3, -0.25) is 0 Å². The summed E-state index contributed by atoms with van der Waals surface area (Å²) in [5.74, 6) is 1.42. The molecule has 3 heteroatoms. The third-order valence-corrected chi connectivity index (χ3v) is 3.14. The van der Waals surface area contributed by atoms with E-state index < -0.39 is 0 Å². The molecule has 0 amide bonds. The van der Waals surface area contributed by atoms with Gasteiger partial charge in [0.1, 0.15) is 11.9 Å². The Hall–Kier alpha value is -0.800. The Morgan fingerprint density at radius 1 is 1.39 bits per heavy atom. The Kier molecular flexibility index (Phi) is 6.44. The highest BCUT2D eigenvalue weighted by atomic mass is 79.9. The van der Waals surface area contributed by atoms with Crippen LogP contribution in [0.3, 0.4) is 0 Å². The van der Waals surface area contributed by atoms with Crippen LogP contribution in [-0.2, 0) is 0 Å². The predicted octanol–water partition coefficient (Wildman–Crippen LogP) is 4.12. The van der Waals surface area contributed by atoms with Gasteiger partial charge in [-0.05, 0) is 36.6 Å². The molecule has 0 heterocycles. The molecule has 1 unspecified atom stereocenters. The fourth-order valence-corrected chi connectivity index (χ4v) is 2.10. The first kappa shape index (κ1) is 15.3. The molecule has 0 aromatic heterocycles. The fraction of sp³-hybridized carbons (Fsp3) is 0.467. The molecule has 0 aliphatic heterocycles. The molecule has 0 radical (unpaired) electrons. The summed E-state index contributed by atoms with van der Waals surface area (Å²) < 4.78 is 7.08. The molecule has 0 bridgehead atoms. The van der Waals surface area contributed by atoms with E-state index in [9.17, 15) is 0 Å². The van der Waals surface area contributed by atoms with E-state index in [1.165, 1.54) is 5.56 Å². The summed E-state index contributed by atoms with van der Waals surface area (Å²) in [7, 11) is 0. The van der Waals surface area contributed by atoms with Crippen molar-refractivity contribution in [2.24, 2.45) is 0 Å². The van der Waals surface area contributed by atoms with Crippen LogP contribution in [0.15, 0.2) is 35.3 Å². The smallest absolute Gasteiger partial charge is 0.123 e. The molecule has 0 saturated carbocycles. The average molecular weight is 312 g/mol. The molecule has 1 N–H and O–H groups in total. The van der Waals surface area contributed by atoms with Gasteiger partial charge < -0.3 is 10.1 Å². The van der Waals surface area contributed by atoms with E-state index in [1.54, 1.807) is 0 Å². The van der Waals surface area contributed by atoms with E-state index in [2.05, 4.69) is 54.7 Å². The van der Waals surface area contributed by atoms with Crippen LogP contribution < -0.4 is 10.1 Å². The maximum atomic E-state index is 5.99. The van der Waals surface area contributed by atoms with Crippen LogP contribution in [0.2, 0.25) is 0 Å². The van der Waals surface area contributed by atoms with E-state index in [4.69, 9.17) is 4.74 Å². The normalized spacial score (nSPS) is 12.5. The second-order valence-electron chi connectivity index (χ2n) is 4.71. The monoisotopic (exact) mass is 311 g/mol. The lowest BCUT2D eigenvalue weighted by Gasteiger charge is -2.19. The van der Waals surface area contributed by atoms with Crippen LogP contribution >= 0.6 is 15.9 Å². The molecule has 0 saturated heterocycles. The van der Waals surface area contributed by atoms with Crippen molar-refractivity contribution in [2.45, 2.75) is 32.8 Å². The molecular weight excluding hydrogens is 290 g/mol. The molecule has 18 heavy (non-hydrogen) atoms. The Labute approximate surface area is 119 Å². The van der Waals surface area contributed by atoms with Crippen molar-refractivity contribution >= 4 is 15.9 Å². The second kappa shape index (κ2) is 7.59. The van der Waals surface area contributed by atoms with Crippen molar-refractivity contribution in [3.63, 3.8) is 0 Å². The minimum Gasteiger partial charge on any atom is -0.489 e. The van der Waals surface area contributed by atoms with E-state index in [1.807, 2.05) is 18.2 Å². The standard InChI is InChI=1S/C15H22BrNO/c1-5-8-17-10-12(4)18-15-7-6-13(16)9-14(15)11(2)3/h5-7,9,11-12,17H,1,8,10H2,2-4H3. The third-order valence-electron chi connectivity index (χ3n) is 2.64. The lowest BCUT2D eigenvalue weighted by molar-refractivity contribution is 0.216. The first-order valence-corrected chi connectivity index (χ1v) is 7.11. The van der Waals surface area contributed by atoms with E-state index >= 15 is 0 Å². The number of ether oxygens (including phenoxy) is 1. The van der Waals surface area contributed by atoms with Crippen LogP contribution in [0.1, 0.15) is 32.3 Å². The lowest BCUT2D eigenvalue weighted by Crippen LogP contribution is -2.29. The Morgan fingerprint density at radius 3 is 2.72 bits per heavy atom. The highest BCUT2D eigenvalue weighted by Gasteiger charge is 2.11. The first-order valence-electron chi connectivity index (χ1n) is 6.32. The van der Waals surface area contributed by atoms with Gasteiger partial charge in [-0.1, -0.05) is 35.9 Å². The van der Waals surface area contributed by atoms with Gasteiger partial charge in [0.2, 0.25) is 0 Å². The van der Waals surface area contributed by atoms with Gasteiger partial charge >= 0.3 is 0 Å². The molecule has 1 aromatic rings. The SMILES string of the molecule is C=CCNCC(C)Oc1ccc(Br)cc1C(C)C. The zero-order valence-corrected chi connectivity index (χ0v) is 13.0. The molecular formula is C15H22BrNO. The molecule has 0 aliphatic rings. The lowest BCUT2D eigenvalue weighted by atomic mass is 10.0. The fourth-order valence-electron chi connectivity index (χ4n) is 1.72. The maximum Gasteiger partial charge on any atom is 0.123 e. The quantitative estimate of drug-likeness (QED) is 0.604. The molecule has 1 rings (SSSR count). The Morgan fingerprint density at radius 2 is 2.11 bits per heavy atom. The maximum absolute atomic E-state index is 5.99. The van der Waals surface area contributed by atoms with E-state index in [0.717, 1.165) is 23.3 Å². The van der Waals surface area contributed by atoms with Gasteiger partial charge in [-0.15, -0.1) is 6.58 Å². The summed E-state index contributed by atoms with van der Waals surface area (Å²) in [4.78, 5) is 0. The summed E-state index contributed by atoms with van der Waals surface area (Å²) in [6.07, 6.45) is 2.00. The summed E-state index contributed by atoms with van der Waals surface area (Å²) in [6.45, 7) is 11.7. The number of rotatable bonds is 7. The molecule has 0 fully saturated rings. The number of nitrogens with one attached hydrogen (secondary N) is 1. The van der Waals surface area contributed by atoms with Gasteiger partial charge in [-0.25, -0.2) is 0 Å². The van der Waals surface area contributed by atoms with Crippen molar-refractivity contribution in [2.75, 3.05) is 13.1 Å². The average Bonchev–Trinajstić information content (AvgIpc) is 2.31. The third kappa shape index (κ3) is 4.83. The van der Waals surface area contributed by atoms with Gasteiger partial charge in [0.05, 0.1) is 0 Å². The van der Waals surface area contributed by atoms with Crippen molar-refractivity contribution in [3.05, 3.63) is 40.9 Å². The summed E-state index contributed by atoms with van der Waals surface area (Å²) in [6, 6.07) is 6.18. The largest absolute Gasteiger partial charge is 0.489 e. The minimum atomic E-state index is 0.142. The highest BCUT2D eigenvalue weighted by molar-refractivity contribution is 9.10. The van der Waals surface area contributed by atoms with Gasteiger partial charge in [0.15, 0.2) is 0 Å². The van der Waals surface area contributed by atoms with Crippen LogP contribution in [0.5, 0.6) is 5.75 Å². The minimum absolute atomic E-state index is 0.142.